The van der Waals surface area contributed by atoms with Gasteiger partial charge < -0.3 is 14.9 Å². The van der Waals surface area contributed by atoms with E-state index < -0.39 is 0 Å². The van der Waals surface area contributed by atoms with Gasteiger partial charge >= 0.3 is 0 Å². The highest BCUT2D eigenvalue weighted by Crippen LogP contribution is 2.26. The van der Waals surface area contributed by atoms with Crippen molar-refractivity contribution in [2.75, 3.05) is 33.7 Å². The van der Waals surface area contributed by atoms with Crippen molar-refractivity contribution in [1.29, 1.82) is 0 Å². The molecule has 2 fully saturated rings. The molecule has 2 rings (SSSR count). The van der Waals surface area contributed by atoms with Crippen LogP contribution in [0.25, 0.3) is 0 Å². The first kappa shape index (κ1) is 13.3. The second-order valence-corrected chi connectivity index (χ2v) is 6.15. The molecule has 0 spiro atoms. The molecule has 100 valence electrons. The van der Waals surface area contributed by atoms with Crippen LogP contribution in [-0.2, 0) is 0 Å². The van der Waals surface area contributed by atoms with Crippen molar-refractivity contribution in [2.24, 2.45) is 5.92 Å². The van der Waals surface area contributed by atoms with E-state index in [1.54, 1.807) is 0 Å². The first-order valence-electron chi connectivity index (χ1n) is 7.22. The van der Waals surface area contributed by atoms with Gasteiger partial charge in [-0.1, -0.05) is 0 Å². The van der Waals surface area contributed by atoms with E-state index in [4.69, 9.17) is 0 Å². The van der Waals surface area contributed by atoms with E-state index in [0.29, 0.717) is 0 Å². The Kier molecular flexibility index (Phi) is 4.83. The third-order valence-corrected chi connectivity index (χ3v) is 4.67. The lowest BCUT2D eigenvalue weighted by Crippen LogP contribution is -2.44. The van der Waals surface area contributed by atoms with Gasteiger partial charge in [-0.05, 0) is 71.6 Å². The largest absolute Gasteiger partial charge is 0.393 e. The fraction of sp³-hybridized carbons (Fsp3) is 1.00. The topological polar surface area (TPSA) is 26.7 Å². The molecule has 1 N–H and O–H groups in total. The number of hydrogen-bond acceptors (Lipinski definition) is 3. The number of aliphatic hydroxyl groups is 1. The lowest BCUT2D eigenvalue weighted by Gasteiger charge is -2.37. The minimum atomic E-state index is -0.0140. The van der Waals surface area contributed by atoms with Gasteiger partial charge in [-0.2, -0.15) is 0 Å². The predicted molar refractivity (Wildman–Crippen MR) is 71.1 cm³/mol. The summed E-state index contributed by atoms with van der Waals surface area (Å²) in [5.74, 6) is 0.822. The van der Waals surface area contributed by atoms with Gasteiger partial charge in [-0.15, -0.1) is 0 Å². The van der Waals surface area contributed by atoms with Gasteiger partial charge in [0.05, 0.1) is 6.10 Å². The lowest BCUT2D eigenvalue weighted by atomic mass is 9.86. The fourth-order valence-corrected chi connectivity index (χ4v) is 3.32. The average molecular weight is 240 g/mol. The molecule has 0 bridgehead atoms. The summed E-state index contributed by atoms with van der Waals surface area (Å²) in [4.78, 5) is 5.01. The van der Waals surface area contributed by atoms with E-state index in [0.717, 1.165) is 24.8 Å². The second-order valence-electron chi connectivity index (χ2n) is 6.15. The van der Waals surface area contributed by atoms with E-state index in [9.17, 15) is 5.11 Å². The molecular formula is C14H28N2O. The quantitative estimate of drug-likeness (QED) is 0.811. The van der Waals surface area contributed by atoms with Gasteiger partial charge in [0, 0.05) is 12.6 Å². The van der Waals surface area contributed by atoms with Crippen LogP contribution in [0.4, 0.5) is 0 Å². The maximum atomic E-state index is 9.52. The summed E-state index contributed by atoms with van der Waals surface area (Å²) < 4.78 is 0. The molecule has 0 radical (unpaired) electrons. The fourth-order valence-electron chi connectivity index (χ4n) is 3.32. The summed E-state index contributed by atoms with van der Waals surface area (Å²) in [6.07, 6.45) is 7.11. The maximum Gasteiger partial charge on any atom is 0.0540 e. The number of piperidine rings is 1. The SMILES string of the molecule is CN1CCC(N(C)CC2CCC(O)CC2)CC1. The van der Waals surface area contributed by atoms with Crippen molar-refractivity contribution in [2.45, 2.75) is 50.7 Å². The third-order valence-electron chi connectivity index (χ3n) is 4.67. The Morgan fingerprint density at radius 2 is 1.65 bits per heavy atom. The average Bonchev–Trinajstić information content (AvgIpc) is 2.33. The van der Waals surface area contributed by atoms with Crippen molar-refractivity contribution in [3.63, 3.8) is 0 Å². The normalized spacial score (nSPS) is 33.2. The molecular weight excluding hydrogens is 212 g/mol. The van der Waals surface area contributed by atoms with Crippen LogP contribution in [0, 0.1) is 5.92 Å². The standard InChI is InChI=1S/C14H28N2O/c1-15-9-7-13(8-10-15)16(2)11-12-3-5-14(17)6-4-12/h12-14,17H,3-11H2,1-2H3. The maximum absolute atomic E-state index is 9.52. The van der Waals surface area contributed by atoms with E-state index in [-0.39, 0.29) is 6.10 Å². The molecule has 1 heterocycles. The van der Waals surface area contributed by atoms with Crippen molar-refractivity contribution in [3.05, 3.63) is 0 Å². The van der Waals surface area contributed by atoms with Gasteiger partial charge in [0.15, 0.2) is 0 Å². The van der Waals surface area contributed by atoms with Crippen molar-refractivity contribution in [3.8, 4) is 0 Å². The highest BCUT2D eigenvalue weighted by atomic mass is 16.3. The Labute approximate surface area is 106 Å². The molecule has 17 heavy (non-hydrogen) atoms. The van der Waals surface area contributed by atoms with Gasteiger partial charge in [0.25, 0.3) is 0 Å². The first-order chi connectivity index (χ1) is 8.15. The molecule has 3 heteroatoms. The molecule has 3 nitrogen and oxygen atoms in total. The van der Waals surface area contributed by atoms with Crippen molar-refractivity contribution in [1.82, 2.24) is 9.80 Å². The molecule has 0 atom stereocenters. The number of likely N-dealkylation sites (tertiary alicyclic amines) is 1. The monoisotopic (exact) mass is 240 g/mol. The molecule has 1 saturated carbocycles. The molecule has 1 saturated heterocycles. The van der Waals surface area contributed by atoms with Crippen LogP contribution < -0.4 is 0 Å². The summed E-state index contributed by atoms with van der Waals surface area (Å²) in [7, 11) is 4.51. The molecule has 0 aromatic carbocycles. The Morgan fingerprint density at radius 1 is 1.06 bits per heavy atom. The summed E-state index contributed by atoms with van der Waals surface area (Å²) >= 11 is 0. The van der Waals surface area contributed by atoms with E-state index >= 15 is 0 Å². The van der Waals surface area contributed by atoms with Crippen molar-refractivity contribution >= 4 is 0 Å². The molecule has 0 aromatic heterocycles. The van der Waals surface area contributed by atoms with Crippen LogP contribution in [0.2, 0.25) is 0 Å². The molecule has 0 unspecified atom stereocenters. The minimum absolute atomic E-state index is 0.0140. The van der Waals surface area contributed by atoms with Gasteiger partial charge in [0.2, 0.25) is 0 Å². The highest BCUT2D eigenvalue weighted by Gasteiger charge is 2.25. The van der Waals surface area contributed by atoms with Crippen molar-refractivity contribution < 1.29 is 5.11 Å². The van der Waals surface area contributed by atoms with Crippen LogP contribution in [-0.4, -0.2) is 60.8 Å². The Bertz CT molecular complexity index is 218. The number of rotatable bonds is 3. The summed E-state index contributed by atoms with van der Waals surface area (Å²) in [6.45, 7) is 3.73. The lowest BCUT2D eigenvalue weighted by molar-refractivity contribution is 0.0794. The number of hydrogen-bond donors (Lipinski definition) is 1. The van der Waals surface area contributed by atoms with Gasteiger partial charge in [-0.3, -0.25) is 0 Å². The van der Waals surface area contributed by atoms with E-state index in [1.807, 2.05) is 0 Å². The zero-order chi connectivity index (χ0) is 12.3. The summed E-state index contributed by atoms with van der Waals surface area (Å²) in [5.41, 5.74) is 0. The van der Waals surface area contributed by atoms with Crippen LogP contribution in [0.3, 0.4) is 0 Å². The molecule has 0 amide bonds. The van der Waals surface area contributed by atoms with Crippen LogP contribution >= 0.6 is 0 Å². The minimum Gasteiger partial charge on any atom is -0.393 e. The molecule has 2 aliphatic rings. The summed E-state index contributed by atoms with van der Waals surface area (Å²) in [6, 6.07) is 0.790. The predicted octanol–water partition coefficient (Wildman–Crippen LogP) is 1.56. The zero-order valence-electron chi connectivity index (χ0n) is 11.4. The van der Waals surface area contributed by atoms with Gasteiger partial charge in [-0.25, -0.2) is 0 Å². The Morgan fingerprint density at radius 3 is 2.24 bits per heavy atom. The number of nitrogens with zero attached hydrogens (tertiary/aromatic N) is 2. The second kappa shape index (κ2) is 6.17. The van der Waals surface area contributed by atoms with E-state index in [2.05, 4.69) is 23.9 Å². The third kappa shape index (κ3) is 3.94. The van der Waals surface area contributed by atoms with Crippen LogP contribution in [0.1, 0.15) is 38.5 Å². The Hall–Kier alpha value is -0.120. The first-order valence-corrected chi connectivity index (χ1v) is 7.22. The summed E-state index contributed by atoms with van der Waals surface area (Å²) in [5, 5.41) is 9.52. The highest BCUT2D eigenvalue weighted by molar-refractivity contribution is 4.80. The smallest absolute Gasteiger partial charge is 0.0540 e. The molecule has 1 aliphatic heterocycles. The van der Waals surface area contributed by atoms with E-state index in [1.165, 1.54) is 45.3 Å². The van der Waals surface area contributed by atoms with Gasteiger partial charge in [0.1, 0.15) is 0 Å². The molecule has 0 aromatic rings. The van der Waals surface area contributed by atoms with Crippen LogP contribution in [0.15, 0.2) is 0 Å². The number of aliphatic hydroxyl groups excluding tert-OH is 1. The van der Waals surface area contributed by atoms with Crippen LogP contribution in [0.5, 0.6) is 0 Å². The zero-order valence-corrected chi connectivity index (χ0v) is 11.4. The molecule has 1 aliphatic carbocycles. The Balaban J connectivity index is 1.71.